The van der Waals surface area contributed by atoms with Gasteiger partial charge in [-0.15, -0.1) is 0 Å². The number of nitrogens with one attached hydrogen (secondary N) is 3. The van der Waals surface area contributed by atoms with Crippen LogP contribution in [0.3, 0.4) is 0 Å². The normalized spacial score (nSPS) is 18.0. The van der Waals surface area contributed by atoms with Crippen LogP contribution in [0.1, 0.15) is 64.0 Å². The molecule has 1 fully saturated rings. The van der Waals surface area contributed by atoms with Gasteiger partial charge in [-0.3, -0.25) is 5.32 Å². The Balaban J connectivity index is 1.17. The van der Waals surface area contributed by atoms with E-state index in [9.17, 15) is 24.9 Å². The number of aromatic hydroxyl groups is 2. The molecule has 6 N–H and O–H groups in total. The Morgan fingerprint density at radius 2 is 1.89 bits per heavy atom. The molecule has 3 heterocycles. The Bertz CT molecular complexity index is 1860. The van der Waals surface area contributed by atoms with Gasteiger partial charge in [0.25, 0.3) is 0 Å². The van der Waals surface area contributed by atoms with Crippen LogP contribution >= 0.6 is 0 Å². The van der Waals surface area contributed by atoms with Crippen LogP contribution in [0.5, 0.6) is 11.5 Å². The first-order chi connectivity index (χ1) is 22.8. The molecule has 246 valence electrons. The molecule has 0 bridgehead atoms. The second-order valence-corrected chi connectivity index (χ2v) is 15.0. The molecule has 1 aliphatic carbocycles. The SMILES string of the molecule is CCn1nc(C2C=C(c3cccc(CC(O)NCc4cccc(O)c4)c3)CCC2)cc(NC(=O)Nc2c(O)cncc2C2C[I-]2)c1=O. The van der Waals surface area contributed by atoms with Crippen molar-refractivity contribution < 1.29 is 41.3 Å². The fraction of sp³-hybridized carbons (Fsp3) is 0.314. The second-order valence-electron chi connectivity index (χ2n) is 11.7. The third-order valence-electron chi connectivity index (χ3n) is 8.30. The number of phenolic OH excluding ortho intramolecular Hbond substituents is 1. The van der Waals surface area contributed by atoms with Crippen LogP contribution in [0.2, 0.25) is 0 Å². The average molecular weight is 750 g/mol. The van der Waals surface area contributed by atoms with Crippen molar-refractivity contribution in [3.05, 3.63) is 111 Å². The van der Waals surface area contributed by atoms with E-state index in [1.165, 1.54) is 10.9 Å². The van der Waals surface area contributed by atoms with Crippen LogP contribution in [0.15, 0.2) is 77.9 Å². The van der Waals surface area contributed by atoms with E-state index >= 15 is 0 Å². The number of nitrogens with zero attached hydrogens (tertiary/aromatic N) is 3. The summed E-state index contributed by atoms with van der Waals surface area (Å²) in [6, 6.07) is 16.1. The van der Waals surface area contributed by atoms with E-state index in [1.54, 1.807) is 30.5 Å². The predicted octanol–water partition coefficient (Wildman–Crippen LogP) is 1.86. The summed E-state index contributed by atoms with van der Waals surface area (Å²) in [7, 11) is 0. The number of aliphatic hydroxyl groups is 1. The van der Waals surface area contributed by atoms with E-state index in [2.05, 4.69) is 44.2 Å². The van der Waals surface area contributed by atoms with Crippen molar-refractivity contribution in [2.75, 3.05) is 15.1 Å². The number of urea groups is 1. The minimum absolute atomic E-state index is 0.0171. The number of rotatable bonds is 11. The fourth-order valence-electron chi connectivity index (χ4n) is 5.86. The third kappa shape index (κ3) is 8.18. The number of carbonyl (C=O) groups is 1. The molecule has 4 aromatic rings. The summed E-state index contributed by atoms with van der Waals surface area (Å²) in [6.45, 7) is 2.61. The van der Waals surface area contributed by atoms with Crippen molar-refractivity contribution in [3.8, 4) is 11.5 Å². The molecule has 0 saturated carbocycles. The Hall–Kier alpha value is -4.27. The number of aliphatic hydroxyl groups excluding tert-OH is 1. The number of hydrogen-bond donors (Lipinski definition) is 6. The zero-order valence-corrected chi connectivity index (χ0v) is 28.1. The van der Waals surface area contributed by atoms with Crippen molar-refractivity contribution in [3.63, 3.8) is 0 Å². The van der Waals surface area contributed by atoms with Gasteiger partial charge in [0.05, 0.1) is 0 Å². The second kappa shape index (κ2) is 14.7. The maximum atomic E-state index is 13.2. The van der Waals surface area contributed by atoms with Gasteiger partial charge < -0.3 is 10.2 Å². The number of aromatic nitrogens is 3. The number of benzene rings is 2. The molecule has 3 atom stereocenters. The van der Waals surface area contributed by atoms with Gasteiger partial charge >= 0.3 is 172 Å². The summed E-state index contributed by atoms with van der Waals surface area (Å²) in [5.41, 5.74) is 5.69. The van der Waals surface area contributed by atoms with Gasteiger partial charge in [-0.05, 0) is 35.2 Å². The molecule has 3 unspecified atom stereocenters. The topological polar surface area (TPSA) is 162 Å². The van der Waals surface area contributed by atoms with Crippen LogP contribution in [-0.4, -0.2) is 46.8 Å². The number of hydrogen-bond acceptors (Lipinski definition) is 8. The van der Waals surface area contributed by atoms with Crippen LogP contribution in [-0.2, 0) is 19.5 Å². The zero-order valence-electron chi connectivity index (χ0n) is 26.0. The van der Waals surface area contributed by atoms with Gasteiger partial charge in [0.2, 0.25) is 0 Å². The van der Waals surface area contributed by atoms with Crippen molar-refractivity contribution in [1.29, 1.82) is 0 Å². The van der Waals surface area contributed by atoms with Gasteiger partial charge in [0, 0.05) is 13.0 Å². The number of amides is 2. The molecule has 2 aromatic carbocycles. The minimum atomic E-state index is -0.757. The number of halogens is 1. The third-order valence-corrected chi connectivity index (χ3v) is 10.7. The van der Waals surface area contributed by atoms with E-state index in [4.69, 9.17) is 0 Å². The Morgan fingerprint density at radius 3 is 2.68 bits per heavy atom. The first-order valence-corrected chi connectivity index (χ1v) is 18.5. The van der Waals surface area contributed by atoms with Crippen molar-refractivity contribution >= 4 is 23.0 Å². The predicted molar refractivity (Wildman–Crippen MR) is 176 cm³/mol. The molecular weight excluding hydrogens is 711 g/mol. The van der Waals surface area contributed by atoms with Gasteiger partial charge in [-0.2, -0.15) is 0 Å². The summed E-state index contributed by atoms with van der Waals surface area (Å²) < 4.78 is 2.80. The summed E-state index contributed by atoms with van der Waals surface area (Å²) >= 11 is 0.0171. The number of aryl methyl sites for hydroxylation is 1. The first kappa shape index (κ1) is 32.7. The number of pyridine rings is 1. The van der Waals surface area contributed by atoms with Gasteiger partial charge in [0.1, 0.15) is 12.0 Å². The summed E-state index contributed by atoms with van der Waals surface area (Å²) in [4.78, 5) is 30.3. The van der Waals surface area contributed by atoms with Crippen LogP contribution in [0.25, 0.3) is 5.57 Å². The molecule has 1 saturated heterocycles. The molecule has 2 aromatic heterocycles. The van der Waals surface area contributed by atoms with E-state index < -0.39 is 17.8 Å². The van der Waals surface area contributed by atoms with E-state index in [-0.39, 0.29) is 44.3 Å². The standard InChI is InChI=1S/C35H38IN6O5/c1-2-42-34(46)30(39-35(47)40-33-27(28-17-36-28)19-37-20-31(33)44)16-29(41-42)25-10-5-9-24(15-25)23-8-3-6-21(12-23)14-32(45)38-18-22-7-4-11-26(43)13-22/h3-4,6-8,11-13,15-16,19-20,25,28,32,38,43-45H,2,5,9-10,14,17-18H2,1H3,(H2,37,39,40,47)/q-1. The number of anilines is 2. The summed E-state index contributed by atoms with van der Waals surface area (Å²) in [5.74, 6) is 0.0316. The summed E-state index contributed by atoms with van der Waals surface area (Å²) in [5, 5.41) is 43.9. The molecular formula is C35H38IN6O5-. The molecule has 0 spiro atoms. The van der Waals surface area contributed by atoms with E-state index in [1.807, 2.05) is 25.1 Å². The number of allylic oxidation sites excluding steroid dienone is 2. The average Bonchev–Trinajstić information content (AvgIpc) is 3.92. The number of carbonyl (C=O) groups excluding carboxylic acids is 1. The number of alkyl halides is 2. The Labute approximate surface area is 283 Å². The molecule has 11 nitrogen and oxygen atoms in total. The quantitative estimate of drug-likeness (QED) is 0.0770. The van der Waals surface area contributed by atoms with E-state index in [0.29, 0.717) is 34.8 Å². The van der Waals surface area contributed by atoms with E-state index in [0.717, 1.165) is 51.5 Å². The van der Waals surface area contributed by atoms with Crippen LogP contribution in [0, 0.1) is 0 Å². The van der Waals surface area contributed by atoms with Gasteiger partial charge in [0.15, 0.2) is 0 Å². The summed E-state index contributed by atoms with van der Waals surface area (Å²) in [6.07, 6.45) is 7.50. The molecule has 2 aliphatic rings. The van der Waals surface area contributed by atoms with Gasteiger partial charge in [-0.25, -0.2) is 0 Å². The Morgan fingerprint density at radius 1 is 1.09 bits per heavy atom. The molecule has 0 radical (unpaired) electrons. The molecule has 6 rings (SSSR count). The van der Waals surface area contributed by atoms with Crippen molar-refractivity contribution in [1.82, 2.24) is 20.1 Å². The first-order valence-electron chi connectivity index (χ1n) is 15.7. The molecule has 1 aliphatic heterocycles. The monoisotopic (exact) mass is 749 g/mol. The zero-order chi connectivity index (χ0) is 32.9. The Kier molecular flexibility index (Phi) is 10.2. The molecule has 12 heteroatoms. The van der Waals surface area contributed by atoms with Crippen LogP contribution < -0.4 is 42.7 Å². The molecule has 47 heavy (non-hydrogen) atoms. The van der Waals surface area contributed by atoms with Crippen LogP contribution in [0.4, 0.5) is 16.2 Å². The number of phenols is 1. The van der Waals surface area contributed by atoms with Gasteiger partial charge in [-0.1, -0.05) is 36.4 Å². The van der Waals surface area contributed by atoms with Crippen molar-refractivity contribution in [2.24, 2.45) is 0 Å². The molecule has 2 amide bonds. The maximum absolute atomic E-state index is 13.2. The van der Waals surface area contributed by atoms with Crippen molar-refractivity contribution in [2.45, 2.75) is 61.8 Å². The fourth-order valence-corrected chi connectivity index (χ4v) is 7.53.